The molecule has 1 aliphatic rings. The van der Waals surface area contributed by atoms with Crippen molar-refractivity contribution in [3.8, 4) is 0 Å². The zero-order valence-corrected chi connectivity index (χ0v) is 10.9. The quantitative estimate of drug-likeness (QED) is 0.667. The number of amides is 1. The molecule has 1 atom stereocenters. The van der Waals surface area contributed by atoms with Crippen molar-refractivity contribution in [1.82, 2.24) is 0 Å². The van der Waals surface area contributed by atoms with Crippen LogP contribution in [0.15, 0.2) is 36.4 Å². The van der Waals surface area contributed by atoms with Crippen molar-refractivity contribution >= 4 is 17.6 Å². The van der Waals surface area contributed by atoms with Gasteiger partial charge in [0.25, 0.3) is 0 Å². The van der Waals surface area contributed by atoms with E-state index < -0.39 is 6.09 Å². The molecule has 0 saturated heterocycles. The molecule has 0 aliphatic heterocycles. The van der Waals surface area contributed by atoms with Gasteiger partial charge in [-0.05, 0) is 56.5 Å². The summed E-state index contributed by atoms with van der Waals surface area (Å²) in [4.78, 5) is 22.8. The molecule has 0 aromatic heterocycles. The maximum Gasteiger partial charge on any atom is 0.412 e. The van der Waals surface area contributed by atoms with Crippen LogP contribution in [0.1, 0.15) is 36.5 Å². The number of rotatable bonds is 3. The summed E-state index contributed by atoms with van der Waals surface area (Å²) in [5.74, 6) is 0.00136. The molecule has 100 valence electrons. The Labute approximate surface area is 112 Å². The van der Waals surface area contributed by atoms with Gasteiger partial charge >= 0.3 is 6.09 Å². The molecule has 2 rings (SSSR count). The first-order valence-corrected chi connectivity index (χ1v) is 6.40. The standard InChI is InChI=1S/C15H17NO3/c1-11(17)12-7-9-13(10-8-12)16-15(18)19-14-5-3-2-4-6-14/h3,5,7-10,14H,2,4,6H2,1H3,(H,16,18). The number of Topliss-reactive ketones (excluding diaryl/α,β-unsaturated/α-hetero) is 1. The van der Waals surface area contributed by atoms with Crippen molar-refractivity contribution in [2.24, 2.45) is 0 Å². The first kappa shape index (κ1) is 13.3. The van der Waals surface area contributed by atoms with Gasteiger partial charge in [0.05, 0.1) is 0 Å². The average Bonchev–Trinajstić information content (AvgIpc) is 2.40. The zero-order chi connectivity index (χ0) is 13.7. The third kappa shape index (κ3) is 3.95. The predicted octanol–water partition coefficient (Wildman–Crippen LogP) is 3.55. The Kier molecular flexibility index (Phi) is 4.34. The van der Waals surface area contributed by atoms with Gasteiger partial charge in [-0.3, -0.25) is 10.1 Å². The van der Waals surface area contributed by atoms with E-state index in [4.69, 9.17) is 4.74 Å². The maximum atomic E-state index is 11.7. The average molecular weight is 259 g/mol. The van der Waals surface area contributed by atoms with Crippen LogP contribution >= 0.6 is 0 Å². The highest BCUT2D eigenvalue weighted by Crippen LogP contribution is 2.15. The van der Waals surface area contributed by atoms with Crippen LogP contribution < -0.4 is 5.32 Å². The van der Waals surface area contributed by atoms with Gasteiger partial charge in [-0.1, -0.05) is 6.08 Å². The smallest absolute Gasteiger partial charge is 0.412 e. The molecule has 0 fully saturated rings. The lowest BCUT2D eigenvalue weighted by molar-refractivity contribution is 0.101. The summed E-state index contributed by atoms with van der Waals surface area (Å²) in [7, 11) is 0. The van der Waals surface area contributed by atoms with E-state index in [0.29, 0.717) is 11.3 Å². The second-order valence-corrected chi connectivity index (χ2v) is 4.56. The number of hydrogen-bond acceptors (Lipinski definition) is 3. The molecule has 19 heavy (non-hydrogen) atoms. The number of ether oxygens (including phenoxy) is 1. The van der Waals surface area contributed by atoms with Gasteiger partial charge in [0.1, 0.15) is 6.10 Å². The zero-order valence-electron chi connectivity index (χ0n) is 10.9. The fourth-order valence-corrected chi connectivity index (χ4v) is 1.95. The third-order valence-electron chi connectivity index (χ3n) is 3.01. The monoisotopic (exact) mass is 259 g/mol. The van der Waals surface area contributed by atoms with E-state index in [-0.39, 0.29) is 11.9 Å². The van der Waals surface area contributed by atoms with Crippen LogP contribution in [-0.4, -0.2) is 18.0 Å². The third-order valence-corrected chi connectivity index (χ3v) is 3.01. The second kappa shape index (κ2) is 6.18. The summed E-state index contributed by atoms with van der Waals surface area (Å²) in [5.41, 5.74) is 1.24. The van der Waals surface area contributed by atoms with Crippen molar-refractivity contribution in [3.05, 3.63) is 42.0 Å². The van der Waals surface area contributed by atoms with Gasteiger partial charge in [-0.15, -0.1) is 0 Å². The summed E-state index contributed by atoms with van der Waals surface area (Å²) in [5, 5.41) is 2.65. The molecule has 1 aromatic carbocycles. The van der Waals surface area contributed by atoms with Crippen LogP contribution in [0.2, 0.25) is 0 Å². The van der Waals surface area contributed by atoms with Crippen LogP contribution in [0.4, 0.5) is 10.5 Å². The Balaban J connectivity index is 1.89. The van der Waals surface area contributed by atoms with E-state index >= 15 is 0 Å². The van der Waals surface area contributed by atoms with Gasteiger partial charge < -0.3 is 4.74 Å². The van der Waals surface area contributed by atoms with E-state index in [9.17, 15) is 9.59 Å². The fraction of sp³-hybridized carbons (Fsp3) is 0.333. The summed E-state index contributed by atoms with van der Waals surface area (Å²) in [6.45, 7) is 1.51. The second-order valence-electron chi connectivity index (χ2n) is 4.56. The summed E-state index contributed by atoms with van der Waals surface area (Å²) >= 11 is 0. The summed E-state index contributed by atoms with van der Waals surface area (Å²) in [6, 6.07) is 6.74. The fourth-order valence-electron chi connectivity index (χ4n) is 1.95. The van der Waals surface area contributed by atoms with Crippen LogP contribution in [-0.2, 0) is 4.74 Å². The molecule has 0 bridgehead atoms. The van der Waals surface area contributed by atoms with Crippen molar-refractivity contribution in [2.45, 2.75) is 32.3 Å². The number of carbonyl (C=O) groups excluding carboxylic acids is 2. The lowest BCUT2D eigenvalue weighted by Gasteiger charge is -2.17. The van der Waals surface area contributed by atoms with Gasteiger partial charge in [0, 0.05) is 11.3 Å². The van der Waals surface area contributed by atoms with Crippen molar-refractivity contribution < 1.29 is 14.3 Å². The lowest BCUT2D eigenvalue weighted by Crippen LogP contribution is -2.22. The molecule has 0 radical (unpaired) electrons. The topological polar surface area (TPSA) is 55.4 Å². The molecule has 1 amide bonds. The van der Waals surface area contributed by atoms with E-state index in [1.165, 1.54) is 6.92 Å². The van der Waals surface area contributed by atoms with E-state index in [2.05, 4.69) is 5.32 Å². The molecule has 0 heterocycles. The summed E-state index contributed by atoms with van der Waals surface area (Å²) < 4.78 is 5.27. The van der Waals surface area contributed by atoms with E-state index in [0.717, 1.165) is 19.3 Å². The van der Waals surface area contributed by atoms with Crippen molar-refractivity contribution in [2.75, 3.05) is 5.32 Å². The molecule has 1 N–H and O–H groups in total. The Morgan fingerprint density at radius 1 is 1.26 bits per heavy atom. The minimum atomic E-state index is -0.466. The molecular weight excluding hydrogens is 242 g/mol. The highest BCUT2D eigenvalue weighted by atomic mass is 16.6. The molecule has 1 unspecified atom stereocenters. The number of allylic oxidation sites excluding steroid dienone is 1. The van der Waals surface area contributed by atoms with Gasteiger partial charge in [0.15, 0.2) is 5.78 Å². The first-order valence-electron chi connectivity index (χ1n) is 6.40. The Bertz CT molecular complexity index is 491. The van der Waals surface area contributed by atoms with Gasteiger partial charge in [0.2, 0.25) is 0 Å². The van der Waals surface area contributed by atoms with Crippen molar-refractivity contribution in [1.29, 1.82) is 0 Å². The van der Waals surface area contributed by atoms with Gasteiger partial charge in [-0.2, -0.15) is 0 Å². The molecule has 0 spiro atoms. The van der Waals surface area contributed by atoms with E-state index in [1.54, 1.807) is 24.3 Å². The lowest BCUT2D eigenvalue weighted by atomic mass is 10.1. The molecule has 1 aliphatic carbocycles. The SMILES string of the molecule is CC(=O)c1ccc(NC(=O)OC2C=CCCC2)cc1. The highest BCUT2D eigenvalue weighted by molar-refractivity contribution is 5.94. The Morgan fingerprint density at radius 3 is 2.58 bits per heavy atom. The first-order chi connectivity index (χ1) is 9.15. The molecule has 1 aromatic rings. The van der Waals surface area contributed by atoms with Crippen LogP contribution in [0.3, 0.4) is 0 Å². The molecule has 4 heteroatoms. The minimum Gasteiger partial charge on any atom is -0.442 e. The number of hydrogen-bond donors (Lipinski definition) is 1. The maximum absolute atomic E-state index is 11.7. The number of carbonyl (C=O) groups is 2. The van der Waals surface area contributed by atoms with E-state index in [1.807, 2.05) is 12.2 Å². The largest absolute Gasteiger partial charge is 0.442 e. The Morgan fingerprint density at radius 2 is 2.00 bits per heavy atom. The predicted molar refractivity (Wildman–Crippen MR) is 73.3 cm³/mol. The van der Waals surface area contributed by atoms with Crippen LogP contribution in [0.5, 0.6) is 0 Å². The number of anilines is 1. The summed E-state index contributed by atoms with van der Waals surface area (Å²) in [6.07, 6.45) is 6.31. The Hall–Kier alpha value is -2.10. The molecule has 0 saturated carbocycles. The number of ketones is 1. The van der Waals surface area contributed by atoms with Gasteiger partial charge in [-0.25, -0.2) is 4.79 Å². The highest BCUT2D eigenvalue weighted by Gasteiger charge is 2.13. The number of benzene rings is 1. The van der Waals surface area contributed by atoms with Crippen LogP contribution in [0, 0.1) is 0 Å². The minimum absolute atomic E-state index is 0.00136. The molecular formula is C15H17NO3. The van der Waals surface area contributed by atoms with Crippen LogP contribution in [0.25, 0.3) is 0 Å². The molecule has 4 nitrogen and oxygen atoms in total. The normalized spacial score (nSPS) is 17.8. The van der Waals surface area contributed by atoms with Crippen molar-refractivity contribution in [3.63, 3.8) is 0 Å². The number of nitrogens with one attached hydrogen (secondary N) is 1.